The third-order valence-electron chi connectivity index (χ3n) is 4.46. The van der Waals surface area contributed by atoms with Crippen LogP contribution in [0, 0.1) is 11.8 Å². The molecule has 3 aliphatic rings. The molecule has 4 rings (SSSR count). The Balaban J connectivity index is 1.49. The van der Waals surface area contributed by atoms with Gasteiger partial charge in [-0.3, -0.25) is 0 Å². The maximum absolute atomic E-state index is 5.73. The molecule has 1 aliphatic heterocycles. The van der Waals surface area contributed by atoms with Crippen molar-refractivity contribution in [2.75, 3.05) is 18.5 Å². The van der Waals surface area contributed by atoms with Crippen LogP contribution in [-0.4, -0.2) is 19.3 Å². The van der Waals surface area contributed by atoms with Gasteiger partial charge in [-0.25, -0.2) is 0 Å². The summed E-state index contributed by atoms with van der Waals surface area (Å²) in [5.41, 5.74) is 1.15. The maximum atomic E-state index is 5.73. The Bertz CT molecular complexity index is 511. The van der Waals surface area contributed by atoms with E-state index in [4.69, 9.17) is 9.47 Å². The van der Waals surface area contributed by atoms with E-state index in [0.29, 0.717) is 6.04 Å². The van der Waals surface area contributed by atoms with E-state index in [9.17, 15) is 0 Å². The third-order valence-corrected chi connectivity index (χ3v) is 4.46. The average Bonchev–Trinajstić information content (AvgIpc) is 2.64. The fourth-order valence-electron chi connectivity index (χ4n) is 3.35. The Hall–Kier alpha value is -1.64. The number of hydrogen-bond donors (Lipinski definition) is 1. The van der Waals surface area contributed by atoms with Crippen molar-refractivity contribution in [1.82, 2.24) is 0 Å². The molecule has 3 atom stereocenters. The fourth-order valence-corrected chi connectivity index (χ4v) is 3.35. The van der Waals surface area contributed by atoms with Crippen molar-refractivity contribution in [3.05, 3.63) is 30.4 Å². The van der Waals surface area contributed by atoms with E-state index in [1.165, 1.54) is 12.8 Å². The van der Waals surface area contributed by atoms with Gasteiger partial charge in [0.1, 0.15) is 0 Å². The van der Waals surface area contributed by atoms with Crippen molar-refractivity contribution < 1.29 is 9.47 Å². The molecule has 3 unspecified atom stereocenters. The average molecular weight is 257 g/mol. The van der Waals surface area contributed by atoms with E-state index in [1.54, 1.807) is 0 Å². The molecule has 100 valence electrons. The molecule has 2 aliphatic carbocycles. The smallest absolute Gasteiger partial charge is 0.163 e. The second-order valence-corrected chi connectivity index (χ2v) is 5.70. The van der Waals surface area contributed by atoms with Crippen molar-refractivity contribution in [3.8, 4) is 11.5 Å². The maximum Gasteiger partial charge on any atom is 0.163 e. The van der Waals surface area contributed by atoms with Crippen molar-refractivity contribution in [2.24, 2.45) is 11.8 Å². The molecule has 0 amide bonds. The largest absolute Gasteiger partial charge is 0.490 e. The van der Waals surface area contributed by atoms with Crippen LogP contribution in [0.4, 0.5) is 5.69 Å². The lowest BCUT2D eigenvalue weighted by molar-refractivity contribution is 0.218. The number of fused-ring (bicyclic) bond motifs is 2. The first kappa shape index (κ1) is 11.2. The Morgan fingerprint density at radius 2 is 2.00 bits per heavy atom. The van der Waals surface area contributed by atoms with Crippen molar-refractivity contribution in [1.29, 1.82) is 0 Å². The highest BCUT2D eigenvalue weighted by molar-refractivity contribution is 5.56. The summed E-state index contributed by atoms with van der Waals surface area (Å²) in [6.07, 6.45) is 8.20. The zero-order chi connectivity index (χ0) is 12.7. The molecule has 3 heteroatoms. The van der Waals surface area contributed by atoms with Gasteiger partial charge in [0.15, 0.2) is 11.5 Å². The minimum absolute atomic E-state index is 0.591. The lowest BCUT2D eigenvalue weighted by atomic mass is 9.71. The van der Waals surface area contributed by atoms with Crippen LogP contribution in [0.2, 0.25) is 0 Å². The molecule has 0 aromatic heterocycles. The number of ether oxygens (including phenoxy) is 2. The molecule has 1 fully saturated rings. The first-order chi connectivity index (χ1) is 9.40. The summed E-state index contributed by atoms with van der Waals surface area (Å²) in [6.45, 7) is 1.49. The summed E-state index contributed by atoms with van der Waals surface area (Å²) in [7, 11) is 0. The Labute approximate surface area is 113 Å². The second-order valence-electron chi connectivity index (χ2n) is 5.70. The van der Waals surface area contributed by atoms with E-state index in [-0.39, 0.29) is 0 Å². The van der Waals surface area contributed by atoms with Crippen molar-refractivity contribution in [3.63, 3.8) is 0 Å². The van der Waals surface area contributed by atoms with Crippen LogP contribution >= 0.6 is 0 Å². The first-order valence-corrected chi connectivity index (χ1v) is 7.23. The molecule has 0 saturated heterocycles. The monoisotopic (exact) mass is 257 g/mol. The van der Waals surface area contributed by atoms with E-state index in [0.717, 1.165) is 48.7 Å². The number of anilines is 1. The zero-order valence-corrected chi connectivity index (χ0v) is 11.0. The third kappa shape index (κ3) is 1.97. The van der Waals surface area contributed by atoms with Gasteiger partial charge in [-0.15, -0.1) is 0 Å². The quantitative estimate of drug-likeness (QED) is 0.825. The minimum Gasteiger partial charge on any atom is -0.490 e. The van der Waals surface area contributed by atoms with Gasteiger partial charge in [-0.1, -0.05) is 12.2 Å². The minimum atomic E-state index is 0.591. The summed E-state index contributed by atoms with van der Waals surface area (Å²) < 4.78 is 11.4. The summed E-state index contributed by atoms with van der Waals surface area (Å²) >= 11 is 0. The van der Waals surface area contributed by atoms with Gasteiger partial charge in [0.2, 0.25) is 0 Å². The molecule has 3 nitrogen and oxygen atoms in total. The normalized spacial score (nSPS) is 31.3. The zero-order valence-electron chi connectivity index (χ0n) is 11.0. The van der Waals surface area contributed by atoms with Crippen LogP contribution < -0.4 is 14.8 Å². The predicted octanol–water partition coefficient (Wildman–Crippen LogP) is 3.22. The SMILES string of the molecule is C1=CC2C(C1)CC2Nc1ccc2c(c1)OCCCO2. The van der Waals surface area contributed by atoms with Crippen LogP contribution in [-0.2, 0) is 0 Å². The standard InChI is InChI=1S/C16H19NO2/c1-3-11-9-14(13(11)4-1)17-12-5-6-15-16(10-12)19-8-2-7-18-15/h1,4-6,10-11,13-14,17H,2-3,7-9H2. The molecule has 1 N–H and O–H groups in total. The predicted molar refractivity (Wildman–Crippen MR) is 74.8 cm³/mol. The van der Waals surface area contributed by atoms with Crippen LogP contribution in [0.15, 0.2) is 30.4 Å². The Kier molecular flexibility index (Phi) is 2.64. The molecule has 1 aromatic carbocycles. The van der Waals surface area contributed by atoms with Gasteiger partial charge in [0, 0.05) is 30.1 Å². The molecular formula is C16H19NO2. The van der Waals surface area contributed by atoms with Gasteiger partial charge < -0.3 is 14.8 Å². The van der Waals surface area contributed by atoms with Gasteiger partial charge in [0.25, 0.3) is 0 Å². The lowest BCUT2D eigenvalue weighted by Crippen LogP contribution is -2.43. The highest BCUT2D eigenvalue weighted by Gasteiger charge is 2.40. The number of nitrogens with one attached hydrogen (secondary N) is 1. The number of hydrogen-bond acceptors (Lipinski definition) is 3. The molecule has 1 aromatic rings. The topological polar surface area (TPSA) is 30.5 Å². The Morgan fingerprint density at radius 3 is 2.89 bits per heavy atom. The van der Waals surface area contributed by atoms with Crippen LogP contribution in [0.25, 0.3) is 0 Å². The lowest BCUT2D eigenvalue weighted by Gasteiger charge is -2.41. The summed E-state index contributed by atoms with van der Waals surface area (Å²) in [4.78, 5) is 0. The molecule has 0 spiro atoms. The van der Waals surface area contributed by atoms with E-state index < -0.39 is 0 Å². The molecule has 19 heavy (non-hydrogen) atoms. The first-order valence-electron chi connectivity index (χ1n) is 7.23. The van der Waals surface area contributed by atoms with Gasteiger partial charge in [-0.05, 0) is 30.9 Å². The van der Waals surface area contributed by atoms with Gasteiger partial charge in [-0.2, -0.15) is 0 Å². The van der Waals surface area contributed by atoms with Gasteiger partial charge >= 0.3 is 0 Å². The van der Waals surface area contributed by atoms with E-state index in [1.807, 2.05) is 6.07 Å². The number of rotatable bonds is 2. The molecular weight excluding hydrogens is 238 g/mol. The molecule has 1 heterocycles. The van der Waals surface area contributed by atoms with E-state index in [2.05, 4.69) is 29.6 Å². The van der Waals surface area contributed by atoms with Crippen molar-refractivity contribution in [2.45, 2.75) is 25.3 Å². The highest BCUT2D eigenvalue weighted by Crippen LogP contribution is 2.44. The number of benzene rings is 1. The molecule has 0 radical (unpaired) electrons. The second kappa shape index (κ2) is 4.48. The highest BCUT2D eigenvalue weighted by atomic mass is 16.5. The summed E-state index contributed by atoms with van der Waals surface area (Å²) in [5, 5.41) is 3.63. The summed E-state index contributed by atoms with van der Waals surface area (Å²) in [6, 6.07) is 6.78. The number of allylic oxidation sites excluding steroid dienone is 1. The molecule has 1 saturated carbocycles. The van der Waals surface area contributed by atoms with E-state index >= 15 is 0 Å². The summed E-state index contributed by atoms with van der Waals surface area (Å²) in [5.74, 6) is 3.37. The van der Waals surface area contributed by atoms with Crippen LogP contribution in [0.1, 0.15) is 19.3 Å². The van der Waals surface area contributed by atoms with Crippen molar-refractivity contribution >= 4 is 5.69 Å². The Morgan fingerprint density at radius 1 is 1.11 bits per heavy atom. The van der Waals surface area contributed by atoms with Crippen LogP contribution in [0.3, 0.4) is 0 Å². The van der Waals surface area contributed by atoms with Crippen LogP contribution in [0.5, 0.6) is 11.5 Å². The fraction of sp³-hybridized carbons (Fsp3) is 0.500. The van der Waals surface area contributed by atoms with Gasteiger partial charge in [0.05, 0.1) is 13.2 Å². The molecule has 0 bridgehead atoms.